The van der Waals surface area contributed by atoms with Gasteiger partial charge < -0.3 is 9.80 Å². The molecule has 1 aliphatic rings. The number of benzene rings is 4. The van der Waals surface area contributed by atoms with Crippen molar-refractivity contribution in [3.8, 4) is 11.1 Å². The molecule has 1 fully saturated rings. The summed E-state index contributed by atoms with van der Waals surface area (Å²) in [6.45, 7) is 4.15. The van der Waals surface area contributed by atoms with Crippen molar-refractivity contribution in [3.63, 3.8) is 0 Å². The molecule has 2 aromatic heterocycles. The number of nitrogens with zero attached hydrogens (tertiary/aromatic N) is 4. The molecule has 0 spiro atoms. The Bertz CT molecular complexity index is 2040. The van der Waals surface area contributed by atoms with Crippen LogP contribution in [0.2, 0.25) is 0 Å². The third kappa shape index (κ3) is 5.11. The van der Waals surface area contributed by atoms with Crippen molar-refractivity contribution in [1.82, 2.24) is 13.9 Å². The minimum atomic E-state index is -3.91. The summed E-state index contributed by atoms with van der Waals surface area (Å²) in [6, 6.07) is 35.3. The van der Waals surface area contributed by atoms with Gasteiger partial charge in [0.15, 0.2) is 5.65 Å². The monoisotopic (exact) mass is 584 g/mol. The van der Waals surface area contributed by atoms with Crippen LogP contribution in [0.3, 0.4) is 0 Å². The summed E-state index contributed by atoms with van der Waals surface area (Å²) in [5.41, 5.74) is 6.31. The summed E-state index contributed by atoms with van der Waals surface area (Å²) in [5, 5.41) is 1.65. The van der Waals surface area contributed by atoms with Crippen LogP contribution < -0.4 is 4.90 Å². The highest BCUT2D eigenvalue weighted by Crippen LogP contribution is 2.37. The van der Waals surface area contributed by atoms with E-state index in [0.717, 1.165) is 59.2 Å². The van der Waals surface area contributed by atoms with Gasteiger partial charge in [-0.2, -0.15) is 0 Å². The molecule has 3 heterocycles. The number of pyridine rings is 1. The molecular formula is C36H32N4O2S. The van der Waals surface area contributed by atoms with E-state index in [2.05, 4.69) is 52.2 Å². The van der Waals surface area contributed by atoms with Crippen molar-refractivity contribution in [1.29, 1.82) is 0 Å². The molecule has 0 radical (unpaired) electrons. The second-order valence-electron chi connectivity index (χ2n) is 11.0. The first-order valence-electron chi connectivity index (χ1n) is 14.5. The molecular weight excluding hydrogens is 552 g/mol. The molecule has 0 bridgehead atoms. The Morgan fingerprint density at radius 2 is 1.40 bits per heavy atom. The Labute approximate surface area is 252 Å². The maximum absolute atomic E-state index is 14.1. The lowest BCUT2D eigenvalue weighted by Gasteiger charge is -2.34. The van der Waals surface area contributed by atoms with Crippen LogP contribution in [0.25, 0.3) is 45.2 Å². The van der Waals surface area contributed by atoms with E-state index in [4.69, 9.17) is 0 Å². The van der Waals surface area contributed by atoms with Gasteiger partial charge in [-0.15, -0.1) is 0 Å². The molecule has 0 N–H and O–H groups in total. The number of piperazine rings is 1. The first kappa shape index (κ1) is 27.1. The molecule has 0 amide bonds. The number of aromatic nitrogens is 2. The maximum atomic E-state index is 14.1. The molecule has 0 aliphatic carbocycles. The summed E-state index contributed by atoms with van der Waals surface area (Å²) in [4.78, 5) is 9.64. The number of rotatable bonds is 6. The topological polar surface area (TPSA) is 58.4 Å². The minimum Gasteiger partial charge on any atom is -0.369 e. The smallest absolute Gasteiger partial charge is 0.269 e. The second-order valence-corrected chi connectivity index (χ2v) is 12.8. The molecule has 7 heteroatoms. The van der Waals surface area contributed by atoms with Gasteiger partial charge in [-0.05, 0) is 71.8 Å². The Morgan fingerprint density at radius 3 is 2.12 bits per heavy atom. The number of likely N-dealkylation sites (N-methyl/N-ethyl adjacent to an activating group) is 1. The van der Waals surface area contributed by atoms with Crippen LogP contribution in [-0.4, -0.2) is 55.5 Å². The van der Waals surface area contributed by atoms with Gasteiger partial charge >= 0.3 is 0 Å². The van der Waals surface area contributed by atoms with Crippen molar-refractivity contribution < 1.29 is 8.42 Å². The average Bonchev–Trinajstić information content (AvgIpc) is 3.40. The quantitative estimate of drug-likeness (QED) is 0.211. The molecule has 6 aromatic rings. The first-order chi connectivity index (χ1) is 21.0. The summed E-state index contributed by atoms with van der Waals surface area (Å²) in [5.74, 6) is 0. The fraction of sp³-hybridized carbons (Fsp3) is 0.139. The standard InChI is InChI=1S/C36H32N4O2S/c1-38-22-24-39(25-23-38)31-17-14-28(15-18-31)30-16-19-34-33(26-30)35-29(13-12-27-8-4-2-5-9-27)20-21-37-36(35)40(34)43(41,42)32-10-6-3-7-11-32/h2-21,26H,22-25H2,1H3. The molecule has 43 heavy (non-hydrogen) atoms. The number of fused-ring (bicyclic) bond motifs is 3. The van der Waals surface area contributed by atoms with E-state index in [0.29, 0.717) is 11.2 Å². The van der Waals surface area contributed by atoms with E-state index in [9.17, 15) is 8.42 Å². The van der Waals surface area contributed by atoms with E-state index >= 15 is 0 Å². The van der Waals surface area contributed by atoms with Gasteiger partial charge in [-0.25, -0.2) is 17.4 Å². The summed E-state index contributed by atoms with van der Waals surface area (Å²) in [6.07, 6.45) is 5.77. The second kappa shape index (κ2) is 11.2. The van der Waals surface area contributed by atoms with Crippen molar-refractivity contribution in [2.45, 2.75) is 4.90 Å². The SMILES string of the molecule is CN1CCN(c2ccc(-c3ccc4c(c3)c3c(C=Cc5ccccc5)ccnc3n4S(=O)(=O)c3ccccc3)cc2)CC1. The van der Waals surface area contributed by atoms with Gasteiger partial charge in [0.05, 0.1) is 10.4 Å². The van der Waals surface area contributed by atoms with Crippen LogP contribution >= 0.6 is 0 Å². The zero-order valence-corrected chi connectivity index (χ0v) is 24.8. The van der Waals surface area contributed by atoms with E-state index < -0.39 is 10.0 Å². The normalized spacial score (nSPS) is 14.7. The third-order valence-electron chi connectivity index (χ3n) is 8.25. The summed E-state index contributed by atoms with van der Waals surface area (Å²) < 4.78 is 29.5. The highest BCUT2D eigenvalue weighted by molar-refractivity contribution is 7.90. The predicted molar refractivity (Wildman–Crippen MR) is 177 cm³/mol. The van der Waals surface area contributed by atoms with E-state index in [1.165, 1.54) is 9.66 Å². The average molecular weight is 585 g/mol. The van der Waals surface area contributed by atoms with Crippen molar-refractivity contribution >= 4 is 49.8 Å². The Kier molecular flexibility index (Phi) is 7.05. The number of hydrogen-bond donors (Lipinski definition) is 0. The van der Waals surface area contributed by atoms with Crippen molar-refractivity contribution in [2.24, 2.45) is 0 Å². The van der Waals surface area contributed by atoms with E-state index in [1.54, 1.807) is 30.5 Å². The molecule has 0 atom stereocenters. The van der Waals surface area contributed by atoms with Gasteiger partial charge in [0.1, 0.15) is 0 Å². The Balaban J connectivity index is 1.39. The molecule has 0 saturated carbocycles. The highest BCUT2D eigenvalue weighted by atomic mass is 32.2. The van der Waals surface area contributed by atoms with Crippen LogP contribution in [-0.2, 0) is 10.0 Å². The molecule has 4 aromatic carbocycles. The summed E-state index contributed by atoms with van der Waals surface area (Å²) >= 11 is 0. The Hall–Kier alpha value is -4.72. The lowest BCUT2D eigenvalue weighted by Crippen LogP contribution is -2.44. The fourth-order valence-electron chi connectivity index (χ4n) is 5.86. The lowest BCUT2D eigenvalue weighted by atomic mass is 10.0. The zero-order chi connectivity index (χ0) is 29.4. The Morgan fingerprint density at radius 1 is 0.721 bits per heavy atom. The van der Waals surface area contributed by atoms with Gasteiger partial charge in [0.25, 0.3) is 10.0 Å². The molecule has 7 rings (SSSR count). The predicted octanol–water partition coefficient (Wildman–Crippen LogP) is 7.02. The molecule has 214 valence electrons. The van der Waals surface area contributed by atoms with Gasteiger partial charge in [-0.3, -0.25) is 0 Å². The zero-order valence-electron chi connectivity index (χ0n) is 24.0. The number of hydrogen-bond acceptors (Lipinski definition) is 5. The van der Waals surface area contributed by atoms with Gasteiger partial charge in [0.2, 0.25) is 0 Å². The molecule has 1 saturated heterocycles. The molecule has 6 nitrogen and oxygen atoms in total. The maximum Gasteiger partial charge on any atom is 0.269 e. The largest absolute Gasteiger partial charge is 0.369 e. The fourth-order valence-corrected chi connectivity index (χ4v) is 7.36. The molecule has 1 aliphatic heterocycles. The van der Waals surface area contributed by atoms with E-state index in [1.807, 2.05) is 66.7 Å². The van der Waals surface area contributed by atoms with Crippen LogP contribution in [0, 0.1) is 0 Å². The van der Waals surface area contributed by atoms with E-state index in [-0.39, 0.29) is 4.90 Å². The van der Waals surface area contributed by atoms with Crippen LogP contribution in [0.4, 0.5) is 5.69 Å². The van der Waals surface area contributed by atoms with Crippen LogP contribution in [0.5, 0.6) is 0 Å². The number of anilines is 1. The highest BCUT2D eigenvalue weighted by Gasteiger charge is 2.25. The third-order valence-corrected chi connectivity index (χ3v) is 9.96. The van der Waals surface area contributed by atoms with Crippen LogP contribution in [0.1, 0.15) is 11.1 Å². The minimum absolute atomic E-state index is 0.226. The van der Waals surface area contributed by atoms with Crippen molar-refractivity contribution in [3.05, 3.63) is 127 Å². The van der Waals surface area contributed by atoms with Crippen LogP contribution in [0.15, 0.2) is 120 Å². The van der Waals surface area contributed by atoms with Gasteiger partial charge in [0, 0.05) is 48.8 Å². The summed E-state index contributed by atoms with van der Waals surface area (Å²) in [7, 11) is -1.75. The van der Waals surface area contributed by atoms with Gasteiger partial charge in [-0.1, -0.05) is 78.9 Å². The lowest BCUT2D eigenvalue weighted by molar-refractivity contribution is 0.313. The van der Waals surface area contributed by atoms with Crippen molar-refractivity contribution in [2.75, 3.05) is 38.1 Å². The molecule has 0 unspecified atom stereocenters. The first-order valence-corrected chi connectivity index (χ1v) is 15.9.